The average Bonchev–Trinajstić information content (AvgIpc) is 2.64. The highest BCUT2D eigenvalue weighted by molar-refractivity contribution is 7.92. The molecule has 1 atom stereocenters. The lowest BCUT2D eigenvalue weighted by Gasteiger charge is -2.25. The zero-order chi connectivity index (χ0) is 22.7. The molecule has 0 aliphatic carbocycles. The standard InChI is InChI=1S/C20H22ClF3N2O3S/c1-4-18(14-7-5-13(2)6-8-14)25-19(27)12-26(30(3,28)29)15-9-10-17(21)16(11-15)20(22,23)24/h5-11,18H,4,12H2,1-3H3,(H,25,27). The summed E-state index contributed by atoms with van der Waals surface area (Å²) < 4.78 is 64.5. The smallest absolute Gasteiger partial charge is 0.348 e. The molecule has 10 heteroatoms. The molecular formula is C20H22ClF3N2O3S. The van der Waals surface area contributed by atoms with Crippen LogP contribution in [0.5, 0.6) is 0 Å². The molecule has 30 heavy (non-hydrogen) atoms. The molecule has 0 fully saturated rings. The number of alkyl halides is 3. The number of amides is 1. The maximum Gasteiger partial charge on any atom is 0.417 e. The Morgan fingerprint density at radius 2 is 1.77 bits per heavy atom. The van der Waals surface area contributed by atoms with Crippen molar-refractivity contribution in [3.05, 3.63) is 64.2 Å². The summed E-state index contributed by atoms with van der Waals surface area (Å²) in [4.78, 5) is 12.6. The molecule has 1 unspecified atom stereocenters. The Labute approximate surface area is 178 Å². The van der Waals surface area contributed by atoms with Crippen molar-refractivity contribution in [2.75, 3.05) is 17.1 Å². The largest absolute Gasteiger partial charge is 0.417 e. The number of hydrogen-bond acceptors (Lipinski definition) is 3. The van der Waals surface area contributed by atoms with Crippen LogP contribution in [0.2, 0.25) is 5.02 Å². The molecule has 2 rings (SSSR count). The van der Waals surface area contributed by atoms with Gasteiger partial charge in [-0.25, -0.2) is 8.42 Å². The Balaban J connectivity index is 2.29. The van der Waals surface area contributed by atoms with Crippen molar-refractivity contribution in [1.82, 2.24) is 5.32 Å². The Morgan fingerprint density at radius 1 is 1.17 bits per heavy atom. The van der Waals surface area contributed by atoms with Gasteiger partial charge < -0.3 is 5.32 Å². The van der Waals surface area contributed by atoms with Crippen LogP contribution in [0.4, 0.5) is 18.9 Å². The van der Waals surface area contributed by atoms with Crippen LogP contribution >= 0.6 is 11.6 Å². The first-order valence-electron chi connectivity index (χ1n) is 9.03. The highest BCUT2D eigenvalue weighted by Gasteiger charge is 2.34. The number of anilines is 1. The van der Waals surface area contributed by atoms with Gasteiger partial charge in [0.1, 0.15) is 6.54 Å². The highest BCUT2D eigenvalue weighted by Crippen LogP contribution is 2.37. The minimum absolute atomic E-state index is 0.298. The Hall–Kier alpha value is -2.26. The third kappa shape index (κ3) is 6.12. The minimum Gasteiger partial charge on any atom is -0.348 e. The predicted octanol–water partition coefficient (Wildman–Crippen LogP) is 4.70. The summed E-state index contributed by atoms with van der Waals surface area (Å²) in [7, 11) is -4.04. The van der Waals surface area contributed by atoms with Crippen molar-refractivity contribution < 1.29 is 26.4 Å². The first-order valence-corrected chi connectivity index (χ1v) is 11.3. The molecule has 0 radical (unpaired) electrons. The molecule has 1 amide bonds. The molecule has 1 N–H and O–H groups in total. The van der Waals surface area contributed by atoms with E-state index in [1.165, 1.54) is 0 Å². The summed E-state index contributed by atoms with van der Waals surface area (Å²) in [5.74, 6) is -0.642. The minimum atomic E-state index is -4.77. The van der Waals surface area contributed by atoms with Gasteiger partial charge in [-0.2, -0.15) is 13.2 Å². The van der Waals surface area contributed by atoms with Crippen LogP contribution in [0.1, 0.15) is 36.1 Å². The fraction of sp³-hybridized carbons (Fsp3) is 0.350. The number of nitrogens with one attached hydrogen (secondary N) is 1. The second-order valence-corrected chi connectivity index (χ2v) is 9.18. The summed E-state index contributed by atoms with van der Waals surface area (Å²) >= 11 is 5.60. The Kier molecular flexibility index (Phi) is 7.41. The van der Waals surface area contributed by atoms with E-state index in [0.717, 1.165) is 29.5 Å². The molecule has 0 aliphatic heterocycles. The molecule has 2 aromatic rings. The van der Waals surface area contributed by atoms with E-state index in [1.54, 1.807) is 0 Å². The molecule has 0 spiro atoms. The van der Waals surface area contributed by atoms with Crippen LogP contribution in [0.3, 0.4) is 0 Å². The highest BCUT2D eigenvalue weighted by atomic mass is 35.5. The number of sulfonamides is 1. The fourth-order valence-corrected chi connectivity index (χ4v) is 3.95. The molecule has 0 saturated heterocycles. The number of halogens is 4. The number of hydrogen-bond donors (Lipinski definition) is 1. The number of aryl methyl sites for hydroxylation is 1. The van der Waals surface area contributed by atoms with Gasteiger partial charge in [-0.15, -0.1) is 0 Å². The topological polar surface area (TPSA) is 66.5 Å². The molecule has 164 valence electrons. The number of rotatable bonds is 7. The van der Waals surface area contributed by atoms with Crippen LogP contribution in [0, 0.1) is 6.92 Å². The molecule has 5 nitrogen and oxygen atoms in total. The lowest BCUT2D eigenvalue weighted by Crippen LogP contribution is -2.41. The van der Waals surface area contributed by atoms with E-state index >= 15 is 0 Å². The van der Waals surface area contributed by atoms with Gasteiger partial charge in [0.2, 0.25) is 15.9 Å². The summed E-state index contributed by atoms with van der Waals surface area (Å²) in [6.45, 7) is 3.11. The van der Waals surface area contributed by atoms with E-state index in [-0.39, 0.29) is 11.7 Å². The van der Waals surface area contributed by atoms with Crippen LogP contribution in [-0.4, -0.2) is 27.1 Å². The van der Waals surface area contributed by atoms with E-state index in [1.807, 2.05) is 38.1 Å². The van der Waals surface area contributed by atoms with Crippen LogP contribution in [0.15, 0.2) is 42.5 Å². The second-order valence-electron chi connectivity index (χ2n) is 6.87. The number of nitrogens with zero attached hydrogens (tertiary/aromatic N) is 1. The van der Waals surface area contributed by atoms with Crippen molar-refractivity contribution in [2.45, 2.75) is 32.5 Å². The van der Waals surface area contributed by atoms with E-state index in [2.05, 4.69) is 5.32 Å². The van der Waals surface area contributed by atoms with E-state index < -0.39 is 39.2 Å². The van der Waals surface area contributed by atoms with Crippen molar-refractivity contribution in [2.24, 2.45) is 0 Å². The van der Waals surface area contributed by atoms with Gasteiger partial charge in [-0.3, -0.25) is 9.10 Å². The zero-order valence-electron chi connectivity index (χ0n) is 16.6. The van der Waals surface area contributed by atoms with E-state index in [0.29, 0.717) is 16.8 Å². The Bertz CT molecular complexity index is 1010. The average molecular weight is 463 g/mol. The fourth-order valence-electron chi connectivity index (χ4n) is 2.88. The molecule has 0 aliphatic rings. The van der Waals surface area contributed by atoms with Crippen LogP contribution in [-0.2, 0) is 21.0 Å². The summed E-state index contributed by atoms with van der Waals surface area (Å²) in [5.41, 5.74) is 0.411. The van der Waals surface area contributed by atoms with Gasteiger partial charge in [0.05, 0.1) is 28.6 Å². The van der Waals surface area contributed by atoms with Crippen molar-refractivity contribution in [1.29, 1.82) is 0 Å². The van der Waals surface area contributed by atoms with Crippen molar-refractivity contribution >= 4 is 33.2 Å². The van der Waals surface area contributed by atoms with Crippen LogP contribution < -0.4 is 9.62 Å². The van der Waals surface area contributed by atoms with Crippen molar-refractivity contribution in [3.8, 4) is 0 Å². The Morgan fingerprint density at radius 3 is 2.27 bits per heavy atom. The van der Waals surface area contributed by atoms with Gasteiger partial charge in [0.15, 0.2) is 0 Å². The lowest BCUT2D eigenvalue weighted by molar-refractivity contribution is -0.137. The van der Waals surface area contributed by atoms with Gasteiger partial charge in [-0.1, -0.05) is 48.4 Å². The van der Waals surface area contributed by atoms with Gasteiger partial charge >= 0.3 is 6.18 Å². The number of carbonyl (C=O) groups is 1. The second kappa shape index (κ2) is 9.26. The number of benzene rings is 2. The quantitative estimate of drug-likeness (QED) is 0.648. The van der Waals surface area contributed by atoms with Gasteiger partial charge in [0.25, 0.3) is 0 Å². The summed E-state index contributed by atoms with van der Waals surface area (Å²) in [5, 5.41) is 2.18. The SMILES string of the molecule is CCC(NC(=O)CN(c1ccc(Cl)c(C(F)(F)F)c1)S(C)(=O)=O)c1ccc(C)cc1. The maximum absolute atomic E-state index is 13.2. The lowest BCUT2D eigenvalue weighted by atomic mass is 10.0. The molecular weight excluding hydrogens is 441 g/mol. The van der Waals surface area contributed by atoms with Gasteiger partial charge in [0, 0.05) is 0 Å². The predicted molar refractivity (Wildman–Crippen MR) is 111 cm³/mol. The third-order valence-electron chi connectivity index (χ3n) is 4.45. The monoisotopic (exact) mass is 462 g/mol. The molecule has 0 heterocycles. The van der Waals surface area contributed by atoms with Gasteiger partial charge in [-0.05, 0) is 37.1 Å². The van der Waals surface area contributed by atoms with E-state index in [9.17, 15) is 26.4 Å². The molecule has 0 aromatic heterocycles. The third-order valence-corrected chi connectivity index (χ3v) is 5.92. The zero-order valence-corrected chi connectivity index (χ0v) is 18.2. The first kappa shape index (κ1) is 24.0. The first-order chi connectivity index (χ1) is 13.8. The summed E-state index contributed by atoms with van der Waals surface area (Å²) in [6, 6.07) is 9.82. The van der Waals surface area contributed by atoms with E-state index in [4.69, 9.17) is 11.6 Å². The van der Waals surface area contributed by atoms with Crippen molar-refractivity contribution in [3.63, 3.8) is 0 Å². The summed E-state index contributed by atoms with van der Waals surface area (Å²) in [6.07, 6.45) is -3.40. The molecule has 0 bridgehead atoms. The molecule has 2 aromatic carbocycles. The van der Waals surface area contributed by atoms with Crippen LogP contribution in [0.25, 0.3) is 0 Å². The number of carbonyl (C=O) groups excluding carboxylic acids is 1. The normalized spacial score (nSPS) is 13.0. The maximum atomic E-state index is 13.2. The molecule has 0 saturated carbocycles.